The van der Waals surface area contributed by atoms with Crippen LogP contribution >= 0.6 is 0 Å². The van der Waals surface area contributed by atoms with Crippen molar-refractivity contribution in [3.05, 3.63) is 292 Å². The minimum atomic E-state index is -0.675. The molecule has 0 atom stereocenters. The van der Waals surface area contributed by atoms with Crippen molar-refractivity contribution in [3.8, 4) is 44.9 Å². The Morgan fingerprint density at radius 1 is 0.306 bits per heavy atom. The molecule has 348 valence electrons. The zero-order valence-electron chi connectivity index (χ0n) is 41.9. The molecule has 0 saturated carbocycles. The zero-order valence-corrected chi connectivity index (χ0v) is 41.9. The fourth-order valence-electron chi connectivity index (χ4n) is 12.5. The SMILES string of the molecule is CC(C)(C)c1ccc2c(c1)C1(c3cc(C(C)(C)C)ccc3O2)c2ccccc2-c2ccc(N(c3ccc(-c4ccccc4)cc3)c3ccc4c(c3)C(c3ccccc3)(c3ccccc3)c3ccccc3-4)cc21. The van der Waals surface area contributed by atoms with Crippen LogP contribution in [0.5, 0.6) is 11.5 Å². The summed E-state index contributed by atoms with van der Waals surface area (Å²) in [4.78, 5) is 2.49. The van der Waals surface area contributed by atoms with Crippen molar-refractivity contribution < 1.29 is 4.74 Å². The maximum absolute atomic E-state index is 7.04. The van der Waals surface area contributed by atoms with Crippen LogP contribution in [0.4, 0.5) is 17.1 Å². The third-order valence-corrected chi connectivity index (χ3v) is 15.9. The summed E-state index contributed by atoms with van der Waals surface area (Å²) in [5.41, 5.74) is 21.8. The molecule has 2 heteroatoms. The molecular formula is C70H57NO. The van der Waals surface area contributed by atoms with Gasteiger partial charge in [0.05, 0.1) is 10.8 Å². The lowest BCUT2D eigenvalue weighted by molar-refractivity contribution is 0.433. The van der Waals surface area contributed by atoms with Crippen LogP contribution in [0.3, 0.4) is 0 Å². The van der Waals surface area contributed by atoms with Crippen LogP contribution in [-0.4, -0.2) is 0 Å². The maximum Gasteiger partial charge on any atom is 0.132 e. The minimum Gasteiger partial charge on any atom is -0.457 e. The van der Waals surface area contributed by atoms with Gasteiger partial charge in [-0.2, -0.15) is 0 Å². The monoisotopic (exact) mass is 927 g/mol. The van der Waals surface area contributed by atoms with Crippen molar-refractivity contribution in [1.82, 2.24) is 0 Å². The number of hydrogen-bond donors (Lipinski definition) is 0. The predicted octanol–water partition coefficient (Wildman–Crippen LogP) is 18.3. The van der Waals surface area contributed by atoms with Crippen molar-refractivity contribution in [2.75, 3.05) is 4.90 Å². The van der Waals surface area contributed by atoms with Gasteiger partial charge in [-0.25, -0.2) is 0 Å². The van der Waals surface area contributed by atoms with Crippen LogP contribution in [0.1, 0.15) is 97.2 Å². The Labute approximate surface area is 424 Å². The van der Waals surface area contributed by atoms with E-state index in [2.05, 4.69) is 283 Å². The van der Waals surface area contributed by atoms with Crippen LogP contribution in [0.25, 0.3) is 33.4 Å². The first-order chi connectivity index (χ1) is 35.0. The van der Waals surface area contributed by atoms with E-state index in [4.69, 9.17) is 4.74 Å². The van der Waals surface area contributed by atoms with Gasteiger partial charge in [0.15, 0.2) is 0 Å². The van der Waals surface area contributed by atoms with Crippen LogP contribution in [0.2, 0.25) is 0 Å². The Hall–Kier alpha value is -8.20. The van der Waals surface area contributed by atoms with Crippen LogP contribution in [0.15, 0.2) is 237 Å². The minimum absolute atomic E-state index is 0.0861. The van der Waals surface area contributed by atoms with E-state index in [9.17, 15) is 0 Å². The fourth-order valence-corrected chi connectivity index (χ4v) is 12.5. The molecule has 3 aliphatic rings. The van der Waals surface area contributed by atoms with E-state index in [1.165, 1.54) is 89.0 Å². The van der Waals surface area contributed by atoms with E-state index in [-0.39, 0.29) is 10.8 Å². The number of rotatable bonds is 6. The number of anilines is 3. The molecule has 0 N–H and O–H groups in total. The van der Waals surface area contributed by atoms with Gasteiger partial charge in [0.1, 0.15) is 11.5 Å². The smallest absolute Gasteiger partial charge is 0.132 e. The van der Waals surface area contributed by atoms with Gasteiger partial charge >= 0.3 is 0 Å². The largest absolute Gasteiger partial charge is 0.457 e. The van der Waals surface area contributed by atoms with Crippen LogP contribution in [-0.2, 0) is 21.7 Å². The van der Waals surface area contributed by atoms with Gasteiger partial charge in [0.25, 0.3) is 0 Å². The number of nitrogens with zero attached hydrogens (tertiary/aromatic N) is 1. The van der Waals surface area contributed by atoms with Gasteiger partial charge in [-0.15, -0.1) is 0 Å². The highest BCUT2D eigenvalue weighted by Crippen LogP contribution is 2.64. The fraction of sp³-hybridized carbons (Fsp3) is 0.143. The lowest BCUT2D eigenvalue weighted by Gasteiger charge is -2.41. The Morgan fingerprint density at radius 2 is 0.694 bits per heavy atom. The number of benzene rings is 10. The highest BCUT2D eigenvalue weighted by atomic mass is 16.5. The first kappa shape index (κ1) is 43.8. The van der Waals surface area contributed by atoms with E-state index in [0.29, 0.717) is 0 Å². The lowest BCUT2D eigenvalue weighted by Crippen LogP contribution is -2.33. The first-order valence-electron chi connectivity index (χ1n) is 25.5. The van der Waals surface area contributed by atoms with Gasteiger partial charge in [0.2, 0.25) is 0 Å². The molecule has 1 aliphatic heterocycles. The van der Waals surface area contributed by atoms with Gasteiger partial charge in [0, 0.05) is 28.2 Å². The number of hydrogen-bond acceptors (Lipinski definition) is 2. The van der Waals surface area contributed by atoms with Gasteiger partial charge in [-0.1, -0.05) is 217 Å². The predicted molar refractivity (Wildman–Crippen MR) is 299 cm³/mol. The molecule has 0 bridgehead atoms. The Kier molecular flexibility index (Phi) is 9.83. The topological polar surface area (TPSA) is 12.5 Å². The second kappa shape index (κ2) is 16.2. The van der Waals surface area contributed by atoms with Crippen molar-refractivity contribution >= 4 is 17.1 Å². The second-order valence-corrected chi connectivity index (χ2v) is 22.1. The summed E-state index contributed by atoms with van der Waals surface area (Å²) in [7, 11) is 0. The molecule has 2 aliphatic carbocycles. The molecule has 0 fully saturated rings. The van der Waals surface area contributed by atoms with E-state index in [0.717, 1.165) is 28.6 Å². The average Bonchev–Trinajstić information content (AvgIpc) is 3.87. The molecule has 13 rings (SSSR count). The van der Waals surface area contributed by atoms with Gasteiger partial charge in [-0.05, 0) is 149 Å². The van der Waals surface area contributed by atoms with E-state index < -0.39 is 10.8 Å². The summed E-state index contributed by atoms with van der Waals surface area (Å²) >= 11 is 0. The summed E-state index contributed by atoms with van der Waals surface area (Å²) in [5.74, 6) is 1.80. The summed E-state index contributed by atoms with van der Waals surface area (Å²) in [6, 6.07) is 88.5. The standard InChI is InChI=1S/C70H57NO/c1-67(2,3)50-32-40-65-63(42-50)70(64-43-51(68(4,5)6)33-41-66(64)72-65)60-29-19-17-27-56(60)58-39-37-54(45-62(58)70)71(52-34-30-47(31-35-52)46-20-10-7-11-21-46)53-36-38-57-55-26-16-18-28-59(55)69(61(57)44-53,48-22-12-8-13-23-48)49-24-14-9-15-25-49/h7-45H,1-6H3. The molecule has 0 aromatic heterocycles. The normalized spacial score (nSPS) is 14.3. The third-order valence-electron chi connectivity index (χ3n) is 15.9. The molecule has 0 radical (unpaired) electrons. The lowest BCUT2D eigenvalue weighted by atomic mass is 9.64. The maximum atomic E-state index is 7.04. The molecule has 10 aromatic carbocycles. The molecule has 72 heavy (non-hydrogen) atoms. The second-order valence-electron chi connectivity index (χ2n) is 22.1. The number of fused-ring (bicyclic) bond motifs is 12. The van der Waals surface area contributed by atoms with Crippen LogP contribution < -0.4 is 9.64 Å². The Bertz CT molecular complexity index is 3620. The summed E-state index contributed by atoms with van der Waals surface area (Å²) < 4.78 is 7.04. The van der Waals surface area contributed by atoms with Gasteiger partial charge < -0.3 is 9.64 Å². The molecule has 0 unspecified atom stereocenters. The molecule has 0 saturated heterocycles. The highest BCUT2D eigenvalue weighted by Gasteiger charge is 2.52. The van der Waals surface area contributed by atoms with Crippen molar-refractivity contribution in [2.45, 2.75) is 63.2 Å². The highest BCUT2D eigenvalue weighted by molar-refractivity contribution is 5.93. The first-order valence-corrected chi connectivity index (χ1v) is 25.5. The quantitative estimate of drug-likeness (QED) is 0.165. The summed E-state index contributed by atoms with van der Waals surface area (Å²) in [6.45, 7) is 13.9. The molecule has 1 heterocycles. The molecule has 2 nitrogen and oxygen atoms in total. The summed E-state index contributed by atoms with van der Waals surface area (Å²) in [5, 5.41) is 0. The number of ether oxygens (including phenoxy) is 1. The zero-order chi connectivity index (χ0) is 49.0. The molecular weight excluding hydrogens is 871 g/mol. The van der Waals surface area contributed by atoms with Crippen molar-refractivity contribution in [3.63, 3.8) is 0 Å². The Balaban J connectivity index is 1.10. The Morgan fingerprint density at radius 3 is 1.18 bits per heavy atom. The van der Waals surface area contributed by atoms with Gasteiger partial charge in [-0.3, -0.25) is 0 Å². The van der Waals surface area contributed by atoms with E-state index in [1.807, 2.05) is 0 Å². The van der Waals surface area contributed by atoms with E-state index in [1.54, 1.807) is 0 Å². The molecule has 1 spiro atoms. The van der Waals surface area contributed by atoms with E-state index >= 15 is 0 Å². The van der Waals surface area contributed by atoms with Crippen molar-refractivity contribution in [2.24, 2.45) is 0 Å². The third kappa shape index (κ3) is 6.48. The molecule has 10 aromatic rings. The van der Waals surface area contributed by atoms with Crippen LogP contribution in [0, 0.1) is 0 Å². The summed E-state index contributed by atoms with van der Waals surface area (Å²) in [6.07, 6.45) is 0. The molecule has 0 amide bonds. The average molecular weight is 928 g/mol. The van der Waals surface area contributed by atoms with Crippen molar-refractivity contribution in [1.29, 1.82) is 0 Å².